The third-order valence-electron chi connectivity index (χ3n) is 2.51. The Kier molecular flexibility index (Phi) is 9.33. The molecule has 0 saturated heterocycles. The zero-order chi connectivity index (χ0) is 11.5. The Bertz CT molecular complexity index is 160. The Balaban J connectivity index is 3.67. The first kappa shape index (κ1) is 14.3. The summed E-state index contributed by atoms with van der Waals surface area (Å²) in [6.45, 7) is 8.84. The van der Waals surface area contributed by atoms with Gasteiger partial charge in [0.2, 0.25) is 0 Å². The van der Waals surface area contributed by atoms with Crippen molar-refractivity contribution in [1.29, 1.82) is 0 Å². The van der Waals surface area contributed by atoms with Gasteiger partial charge in [0.05, 0.1) is 0 Å². The second-order valence-electron chi connectivity index (χ2n) is 3.87. The predicted octanol–water partition coefficient (Wildman–Crippen LogP) is 3.01. The number of carbonyl (C=O) groups excluding carboxylic acids is 1. The second-order valence-corrected chi connectivity index (χ2v) is 3.87. The summed E-state index contributed by atoms with van der Waals surface area (Å²) in [6.07, 6.45) is 5.72. The average Bonchev–Trinajstić information content (AvgIpc) is 2.24. The third-order valence-corrected chi connectivity index (χ3v) is 2.51. The van der Waals surface area contributed by atoms with Gasteiger partial charge in [0.15, 0.2) is 0 Å². The molecule has 0 atom stereocenters. The maximum atomic E-state index is 11.7. The number of urea groups is 1. The van der Waals surface area contributed by atoms with Gasteiger partial charge in [-0.2, -0.15) is 0 Å². The molecule has 2 amide bonds. The van der Waals surface area contributed by atoms with Crippen molar-refractivity contribution in [3.8, 4) is 0 Å². The van der Waals surface area contributed by atoms with E-state index in [4.69, 9.17) is 0 Å². The van der Waals surface area contributed by atoms with Crippen LogP contribution in [0, 0.1) is 0 Å². The number of rotatable bonds is 8. The van der Waals surface area contributed by atoms with Gasteiger partial charge in [-0.05, 0) is 19.8 Å². The fourth-order valence-corrected chi connectivity index (χ4v) is 1.44. The first-order valence-corrected chi connectivity index (χ1v) is 6.29. The van der Waals surface area contributed by atoms with Gasteiger partial charge in [0, 0.05) is 19.6 Å². The van der Waals surface area contributed by atoms with Gasteiger partial charge >= 0.3 is 6.03 Å². The molecule has 1 N–H and O–H groups in total. The highest BCUT2D eigenvalue weighted by molar-refractivity contribution is 5.74. The highest BCUT2D eigenvalue weighted by atomic mass is 16.2. The monoisotopic (exact) mass is 214 g/mol. The summed E-state index contributed by atoms with van der Waals surface area (Å²) in [5, 5.41) is 2.95. The quantitative estimate of drug-likeness (QED) is 0.619. The Hall–Kier alpha value is -0.730. The van der Waals surface area contributed by atoms with Crippen molar-refractivity contribution in [3.63, 3.8) is 0 Å². The topological polar surface area (TPSA) is 32.3 Å². The van der Waals surface area contributed by atoms with E-state index in [-0.39, 0.29) is 6.03 Å². The van der Waals surface area contributed by atoms with E-state index in [2.05, 4.69) is 19.2 Å². The van der Waals surface area contributed by atoms with E-state index >= 15 is 0 Å². The van der Waals surface area contributed by atoms with Gasteiger partial charge in [-0.25, -0.2) is 4.79 Å². The van der Waals surface area contributed by atoms with Crippen molar-refractivity contribution in [1.82, 2.24) is 10.2 Å². The molecule has 0 unspecified atom stereocenters. The SMILES string of the molecule is CCCCCN(CC)C(=O)NCCCC. The van der Waals surface area contributed by atoms with E-state index in [0.717, 1.165) is 38.9 Å². The van der Waals surface area contributed by atoms with Crippen LogP contribution in [-0.4, -0.2) is 30.6 Å². The molecule has 15 heavy (non-hydrogen) atoms. The number of hydrogen-bond acceptors (Lipinski definition) is 1. The maximum Gasteiger partial charge on any atom is 0.317 e. The van der Waals surface area contributed by atoms with Crippen molar-refractivity contribution in [2.45, 2.75) is 52.9 Å². The highest BCUT2D eigenvalue weighted by Gasteiger charge is 2.09. The molecule has 0 spiro atoms. The third kappa shape index (κ3) is 7.23. The lowest BCUT2D eigenvalue weighted by Crippen LogP contribution is -2.40. The van der Waals surface area contributed by atoms with Crippen molar-refractivity contribution in [2.24, 2.45) is 0 Å². The van der Waals surface area contributed by atoms with Crippen LogP contribution < -0.4 is 5.32 Å². The second kappa shape index (κ2) is 9.81. The van der Waals surface area contributed by atoms with Crippen LogP contribution in [0.25, 0.3) is 0 Å². The number of unbranched alkanes of at least 4 members (excludes halogenated alkanes) is 3. The van der Waals surface area contributed by atoms with Crippen molar-refractivity contribution in [2.75, 3.05) is 19.6 Å². The number of nitrogens with one attached hydrogen (secondary N) is 1. The minimum Gasteiger partial charge on any atom is -0.338 e. The summed E-state index contributed by atoms with van der Waals surface area (Å²) in [4.78, 5) is 13.6. The van der Waals surface area contributed by atoms with Gasteiger partial charge in [-0.15, -0.1) is 0 Å². The molecule has 0 aliphatic rings. The molecular formula is C12H26N2O. The van der Waals surface area contributed by atoms with Crippen molar-refractivity contribution < 1.29 is 4.79 Å². The zero-order valence-corrected chi connectivity index (χ0v) is 10.5. The number of nitrogens with zero attached hydrogens (tertiary/aromatic N) is 1. The molecule has 0 aromatic heterocycles. The molecule has 0 aliphatic carbocycles. The molecule has 0 aliphatic heterocycles. The molecule has 0 radical (unpaired) electrons. The number of carbonyl (C=O) groups is 1. The average molecular weight is 214 g/mol. The summed E-state index contributed by atoms with van der Waals surface area (Å²) in [5.41, 5.74) is 0. The molecule has 0 heterocycles. The van der Waals surface area contributed by atoms with Crippen LogP contribution in [-0.2, 0) is 0 Å². The molecule has 0 aromatic carbocycles. The Morgan fingerprint density at radius 3 is 2.27 bits per heavy atom. The van der Waals surface area contributed by atoms with Crippen molar-refractivity contribution in [3.05, 3.63) is 0 Å². The van der Waals surface area contributed by atoms with Crippen LogP contribution in [0.2, 0.25) is 0 Å². The molecule has 3 heteroatoms. The fraction of sp³-hybridized carbons (Fsp3) is 0.917. The summed E-state index contributed by atoms with van der Waals surface area (Å²) in [7, 11) is 0. The fourth-order valence-electron chi connectivity index (χ4n) is 1.44. The van der Waals surface area contributed by atoms with Gasteiger partial charge in [-0.1, -0.05) is 33.1 Å². The molecule has 0 saturated carbocycles. The lowest BCUT2D eigenvalue weighted by molar-refractivity contribution is 0.199. The summed E-state index contributed by atoms with van der Waals surface area (Å²) in [6, 6.07) is 0.0991. The van der Waals surface area contributed by atoms with Gasteiger partial charge in [0.1, 0.15) is 0 Å². The number of amides is 2. The molecule has 0 bridgehead atoms. The van der Waals surface area contributed by atoms with Gasteiger partial charge in [-0.3, -0.25) is 0 Å². The first-order chi connectivity index (χ1) is 7.26. The standard InChI is InChI=1S/C12H26N2O/c1-4-7-9-11-14(6-3)12(15)13-10-8-5-2/h4-11H2,1-3H3,(H,13,15). The van der Waals surface area contributed by atoms with E-state index in [1.807, 2.05) is 11.8 Å². The molecule has 90 valence electrons. The summed E-state index contributed by atoms with van der Waals surface area (Å²) in [5.74, 6) is 0. The summed E-state index contributed by atoms with van der Waals surface area (Å²) >= 11 is 0. The molecular weight excluding hydrogens is 188 g/mol. The predicted molar refractivity (Wildman–Crippen MR) is 65.1 cm³/mol. The molecule has 0 fully saturated rings. The van der Waals surface area contributed by atoms with Crippen molar-refractivity contribution >= 4 is 6.03 Å². The summed E-state index contributed by atoms with van der Waals surface area (Å²) < 4.78 is 0. The minimum atomic E-state index is 0.0991. The van der Waals surface area contributed by atoms with E-state index in [1.54, 1.807) is 0 Å². The normalized spacial score (nSPS) is 10.1. The van der Waals surface area contributed by atoms with Crippen LogP contribution in [0.5, 0.6) is 0 Å². The van der Waals surface area contributed by atoms with E-state index < -0.39 is 0 Å². The van der Waals surface area contributed by atoms with Gasteiger partial charge in [0.25, 0.3) is 0 Å². The van der Waals surface area contributed by atoms with E-state index in [9.17, 15) is 4.79 Å². The van der Waals surface area contributed by atoms with E-state index in [0.29, 0.717) is 0 Å². The lowest BCUT2D eigenvalue weighted by atomic mass is 10.2. The molecule has 0 aromatic rings. The smallest absolute Gasteiger partial charge is 0.317 e. The van der Waals surface area contributed by atoms with Crippen LogP contribution in [0.3, 0.4) is 0 Å². The van der Waals surface area contributed by atoms with Gasteiger partial charge < -0.3 is 10.2 Å². The Labute approximate surface area is 94.2 Å². The van der Waals surface area contributed by atoms with E-state index in [1.165, 1.54) is 12.8 Å². The first-order valence-electron chi connectivity index (χ1n) is 6.29. The Morgan fingerprint density at radius 1 is 1.07 bits per heavy atom. The van der Waals surface area contributed by atoms with Crippen LogP contribution >= 0.6 is 0 Å². The minimum absolute atomic E-state index is 0.0991. The molecule has 0 rings (SSSR count). The largest absolute Gasteiger partial charge is 0.338 e. The van der Waals surface area contributed by atoms with Crippen LogP contribution in [0.4, 0.5) is 4.79 Å². The zero-order valence-electron chi connectivity index (χ0n) is 10.5. The lowest BCUT2D eigenvalue weighted by Gasteiger charge is -2.21. The Morgan fingerprint density at radius 2 is 1.73 bits per heavy atom. The van der Waals surface area contributed by atoms with Crippen LogP contribution in [0.1, 0.15) is 52.9 Å². The number of hydrogen-bond donors (Lipinski definition) is 1. The van der Waals surface area contributed by atoms with Crippen LogP contribution in [0.15, 0.2) is 0 Å². The molecule has 3 nitrogen and oxygen atoms in total. The highest BCUT2D eigenvalue weighted by Crippen LogP contribution is 1.98. The maximum absolute atomic E-state index is 11.7.